The Balaban J connectivity index is 2.73. The van der Waals surface area contributed by atoms with E-state index in [1.807, 2.05) is 0 Å². The average molecular weight is 1150 g/mol. The minimum absolute atomic E-state index is 0.0730. The molecule has 1 aliphatic heterocycles. The highest BCUT2D eigenvalue weighted by Crippen LogP contribution is 2.17. The minimum atomic E-state index is -0.124. The van der Waals surface area contributed by atoms with E-state index in [1.165, 1.54) is 369 Å². The summed E-state index contributed by atoms with van der Waals surface area (Å²) >= 11 is 0. The molecule has 1 saturated heterocycles. The van der Waals surface area contributed by atoms with Gasteiger partial charge in [0.15, 0.2) is 0 Å². The third-order valence-electron chi connectivity index (χ3n) is 17.9. The molecule has 1 heterocycles. The molecule has 0 aromatic rings. The van der Waals surface area contributed by atoms with Crippen molar-refractivity contribution in [1.82, 2.24) is 24.5 Å². The predicted octanol–water partition coefficient (Wildman–Crippen LogP) is 18.3. The van der Waals surface area contributed by atoms with Gasteiger partial charge in [0.1, 0.15) is 0 Å². The normalized spacial score (nSPS) is 13.4. The van der Waals surface area contributed by atoms with Crippen LogP contribution in [0.15, 0.2) is 0 Å². The van der Waals surface area contributed by atoms with Gasteiger partial charge >= 0.3 is 11.9 Å². The van der Waals surface area contributed by atoms with Crippen LogP contribution in [0.2, 0.25) is 0 Å². The van der Waals surface area contributed by atoms with E-state index in [0.29, 0.717) is 12.8 Å². The molecule has 0 atom stereocenters. The van der Waals surface area contributed by atoms with Crippen molar-refractivity contribution in [2.75, 3.05) is 126 Å². The van der Waals surface area contributed by atoms with Gasteiger partial charge in [0.05, 0.1) is 14.2 Å². The Hall–Kier alpha value is -1.30. The molecule has 1 rings (SSSR count). The number of hydrogen-bond donors (Lipinski definition) is 0. The van der Waals surface area contributed by atoms with Crippen LogP contribution in [0.5, 0.6) is 0 Å². The Morgan fingerprint density at radius 3 is 0.802 bits per heavy atom. The first-order chi connectivity index (χ1) is 39.9. The smallest absolute Gasteiger partial charge is 0.305 e. The molecule has 0 amide bonds. The Morgan fingerprint density at radius 2 is 0.506 bits per heavy atom. The van der Waals surface area contributed by atoms with Crippen molar-refractivity contribution >= 4 is 11.9 Å². The number of unbranched alkanes of at least 4 members (excludes halogenated alkanes) is 39. The van der Waals surface area contributed by atoms with Gasteiger partial charge in [0.2, 0.25) is 0 Å². The van der Waals surface area contributed by atoms with Crippen LogP contribution in [0.1, 0.15) is 323 Å². The maximum Gasteiger partial charge on any atom is 0.305 e. The first kappa shape index (κ1) is 77.7. The van der Waals surface area contributed by atoms with Gasteiger partial charge < -0.3 is 28.9 Å². The SMILES string of the molecule is CCCCCCCCCCCCN(CCCCCCCCCCCC)CCN(CCCCCCCCCCCC)CCN1CCN(CCN(CCCCCCCCCCCC(=O)OC)CCCCCCOCCCCC(=O)OC)CC1. The standard InChI is InChI=1S/C71H143N5O5/c1-6-9-12-15-18-21-26-31-36-44-53-72(54-45-37-32-27-22-19-16-13-10-7-2)58-60-74(57-47-39-34-28-23-20-17-14-11-8-3)61-63-76-66-64-75(65-67-76)62-59-73(55-46-38-33-29-24-25-30-35-42-51-70(77)79-4)56-48-40-41-49-68-81-69-50-43-52-71(78)80-5/h6-69H2,1-5H3. The fourth-order valence-electron chi connectivity index (χ4n) is 12.1. The summed E-state index contributed by atoms with van der Waals surface area (Å²) in [5.41, 5.74) is 0. The topological polar surface area (TPSA) is 78.0 Å². The number of carbonyl (C=O) groups excluding carboxylic acids is 2. The maximum absolute atomic E-state index is 11.4. The van der Waals surface area contributed by atoms with Crippen LogP contribution in [0.25, 0.3) is 0 Å². The molecule has 0 aromatic carbocycles. The van der Waals surface area contributed by atoms with Crippen molar-refractivity contribution in [3.8, 4) is 0 Å². The molecule has 0 unspecified atom stereocenters. The molecule has 0 spiro atoms. The molecule has 10 heteroatoms. The molecule has 0 saturated carbocycles. The molecule has 482 valence electrons. The lowest BCUT2D eigenvalue weighted by Gasteiger charge is -2.37. The van der Waals surface area contributed by atoms with Crippen molar-refractivity contribution in [3.05, 3.63) is 0 Å². The van der Waals surface area contributed by atoms with Gasteiger partial charge in [-0.1, -0.05) is 252 Å². The molecule has 0 radical (unpaired) electrons. The van der Waals surface area contributed by atoms with E-state index < -0.39 is 0 Å². The third-order valence-corrected chi connectivity index (χ3v) is 17.9. The minimum Gasteiger partial charge on any atom is -0.469 e. The van der Waals surface area contributed by atoms with E-state index in [0.717, 1.165) is 45.3 Å². The molecule has 0 aliphatic carbocycles. The molecule has 81 heavy (non-hydrogen) atoms. The second kappa shape index (κ2) is 63.2. The van der Waals surface area contributed by atoms with Gasteiger partial charge in [-0.2, -0.15) is 0 Å². The van der Waals surface area contributed by atoms with Crippen LogP contribution >= 0.6 is 0 Å². The highest BCUT2D eigenvalue weighted by atomic mass is 16.5. The monoisotopic (exact) mass is 1150 g/mol. The Labute approximate surface area is 506 Å². The Kier molecular flexibility index (Phi) is 60.6. The fourth-order valence-corrected chi connectivity index (χ4v) is 12.1. The van der Waals surface area contributed by atoms with Gasteiger partial charge in [-0.3, -0.25) is 19.4 Å². The van der Waals surface area contributed by atoms with E-state index in [1.54, 1.807) is 0 Å². The predicted molar refractivity (Wildman–Crippen MR) is 351 cm³/mol. The zero-order chi connectivity index (χ0) is 58.4. The summed E-state index contributed by atoms with van der Waals surface area (Å²) in [7, 11) is 2.95. The van der Waals surface area contributed by atoms with Crippen LogP contribution in [-0.2, 0) is 23.8 Å². The van der Waals surface area contributed by atoms with Gasteiger partial charge in [-0.05, 0) is 90.5 Å². The number of esters is 2. The molecule has 0 aromatic heterocycles. The summed E-state index contributed by atoms with van der Waals surface area (Å²) in [5, 5.41) is 0. The molecular formula is C71H143N5O5. The van der Waals surface area contributed by atoms with Gasteiger partial charge in [-0.25, -0.2) is 0 Å². The number of methoxy groups -OCH3 is 2. The number of carbonyl (C=O) groups is 2. The van der Waals surface area contributed by atoms with E-state index in [-0.39, 0.29) is 11.9 Å². The number of ether oxygens (including phenoxy) is 3. The molecule has 10 nitrogen and oxygen atoms in total. The van der Waals surface area contributed by atoms with E-state index in [4.69, 9.17) is 14.2 Å². The Morgan fingerprint density at radius 1 is 0.284 bits per heavy atom. The summed E-state index contributed by atoms with van der Waals surface area (Å²) in [6.07, 6.45) is 61.6. The number of hydrogen-bond acceptors (Lipinski definition) is 10. The van der Waals surface area contributed by atoms with Crippen molar-refractivity contribution in [2.24, 2.45) is 0 Å². The summed E-state index contributed by atoms with van der Waals surface area (Å²) < 4.78 is 15.4. The van der Waals surface area contributed by atoms with Crippen molar-refractivity contribution in [1.29, 1.82) is 0 Å². The van der Waals surface area contributed by atoms with Crippen molar-refractivity contribution in [2.45, 2.75) is 323 Å². The quantitative estimate of drug-likeness (QED) is 0.0434. The Bertz CT molecular complexity index is 1210. The summed E-state index contributed by atoms with van der Waals surface area (Å²) in [5.74, 6) is -0.197. The van der Waals surface area contributed by atoms with E-state index >= 15 is 0 Å². The third kappa shape index (κ3) is 55.1. The number of rotatable bonds is 66. The number of nitrogens with zero attached hydrogens (tertiary/aromatic N) is 5. The van der Waals surface area contributed by atoms with Crippen molar-refractivity contribution < 1.29 is 23.8 Å². The zero-order valence-corrected chi connectivity index (χ0v) is 55.5. The first-order valence-corrected chi connectivity index (χ1v) is 36.3. The summed E-state index contributed by atoms with van der Waals surface area (Å²) in [4.78, 5) is 37.0. The molecule has 0 bridgehead atoms. The highest BCUT2D eigenvalue weighted by molar-refractivity contribution is 5.69. The van der Waals surface area contributed by atoms with Crippen LogP contribution < -0.4 is 0 Å². The van der Waals surface area contributed by atoms with E-state index in [9.17, 15) is 9.59 Å². The second-order valence-electron chi connectivity index (χ2n) is 25.3. The lowest BCUT2D eigenvalue weighted by molar-refractivity contribution is -0.141. The van der Waals surface area contributed by atoms with Gasteiger partial charge in [0.25, 0.3) is 0 Å². The van der Waals surface area contributed by atoms with Crippen molar-refractivity contribution in [3.63, 3.8) is 0 Å². The first-order valence-electron chi connectivity index (χ1n) is 36.3. The van der Waals surface area contributed by atoms with Crippen LogP contribution in [-0.4, -0.2) is 162 Å². The largest absolute Gasteiger partial charge is 0.469 e. The summed E-state index contributed by atoms with van der Waals surface area (Å²) in [6.45, 7) is 27.1. The number of piperazine rings is 1. The van der Waals surface area contributed by atoms with Gasteiger partial charge in [-0.15, -0.1) is 0 Å². The van der Waals surface area contributed by atoms with Crippen LogP contribution in [0, 0.1) is 0 Å². The van der Waals surface area contributed by atoms with Gasteiger partial charge in [0, 0.05) is 91.5 Å². The maximum atomic E-state index is 11.4. The lowest BCUT2D eigenvalue weighted by Crippen LogP contribution is -2.50. The second-order valence-corrected chi connectivity index (χ2v) is 25.3. The fraction of sp³-hybridized carbons (Fsp3) is 0.972. The van der Waals surface area contributed by atoms with Crippen LogP contribution in [0.4, 0.5) is 0 Å². The lowest BCUT2D eigenvalue weighted by atomic mass is 10.1. The highest BCUT2D eigenvalue weighted by Gasteiger charge is 2.19. The molecule has 1 fully saturated rings. The molecule has 0 N–H and O–H groups in total. The zero-order valence-electron chi connectivity index (χ0n) is 55.5. The van der Waals surface area contributed by atoms with Crippen LogP contribution in [0.3, 0.4) is 0 Å². The summed E-state index contributed by atoms with van der Waals surface area (Å²) in [6, 6.07) is 0. The molecule has 1 aliphatic rings. The molecular weight excluding hydrogens is 1000 g/mol. The van der Waals surface area contributed by atoms with E-state index in [2.05, 4.69) is 45.3 Å². The average Bonchev–Trinajstić information content (AvgIpc) is 3.49.